The number of benzene rings is 3. The zero-order valence-electron chi connectivity index (χ0n) is 13.3. The van der Waals surface area contributed by atoms with E-state index < -0.39 is 0 Å². The summed E-state index contributed by atoms with van der Waals surface area (Å²) in [5, 5.41) is 27.0. The van der Waals surface area contributed by atoms with Crippen LogP contribution in [-0.4, -0.2) is 15.6 Å². The maximum atomic E-state index is 9.01. The van der Waals surface area contributed by atoms with Gasteiger partial charge in [0.1, 0.15) is 0 Å². The molecule has 0 spiro atoms. The summed E-state index contributed by atoms with van der Waals surface area (Å²) in [6, 6.07) is 22.5. The molecule has 0 radical (unpaired) electrons. The van der Waals surface area contributed by atoms with Crippen LogP contribution in [0.25, 0.3) is 0 Å². The van der Waals surface area contributed by atoms with Crippen LogP contribution in [-0.2, 0) is 0 Å². The van der Waals surface area contributed by atoms with Crippen molar-refractivity contribution in [2.45, 2.75) is 5.92 Å². The highest BCUT2D eigenvalue weighted by Gasteiger charge is 2.17. The fourth-order valence-electron chi connectivity index (χ4n) is 2.83. The maximum Gasteiger partial charge on any atom is 0.0602 e. The van der Waals surface area contributed by atoms with Crippen molar-refractivity contribution >= 4 is 17.1 Å². The Morgan fingerprint density at radius 2 is 0.680 bits per heavy atom. The van der Waals surface area contributed by atoms with Crippen molar-refractivity contribution < 1.29 is 15.6 Å². The first-order chi connectivity index (χ1) is 12.2. The van der Waals surface area contributed by atoms with Gasteiger partial charge in [-0.2, -0.15) is 0 Å². The molecule has 25 heavy (non-hydrogen) atoms. The van der Waals surface area contributed by atoms with E-state index >= 15 is 0 Å². The minimum Gasteiger partial charge on any atom is -0.291 e. The van der Waals surface area contributed by atoms with E-state index in [0.717, 1.165) is 16.7 Å². The standard InChI is InChI=1S/C19H19N3O3/c23-20-16-7-1-13(2-8-16)19(14-3-9-17(21-24)10-4-14)15-5-11-18(22-25)12-6-15/h1-12,19-25H. The smallest absolute Gasteiger partial charge is 0.0602 e. The Morgan fingerprint density at radius 3 is 0.880 bits per heavy atom. The minimum atomic E-state index is -0.0340. The summed E-state index contributed by atoms with van der Waals surface area (Å²) in [5.41, 5.74) is 11.4. The predicted molar refractivity (Wildman–Crippen MR) is 96.5 cm³/mol. The van der Waals surface area contributed by atoms with Gasteiger partial charge >= 0.3 is 0 Å². The maximum absolute atomic E-state index is 9.01. The van der Waals surface area contributed by atoms with Crippen LogP contribution in [0.4, 0.5) is 17.1 Å². The van der Waals surface area contributed by atoms with E-state index in [9.17, 15) is 0 Å². The molecule has 3 aromatic carbocycles. The third-order valence-electron chi connectivity index (χ3n) is 4.12. The molecule has 128 valence electrons. The van der Waals surface area contributed by atoms with Gasteiger partial charge in [-0.15, -0.1) is 0 Å². The van der Waals surface area contributed by atoms with Gasteiger partial charge in [0.2, 0.25) is 0 Å². The lowest BCUT2D eigenvalue weighted by Crippen LogP contribution is -2.04. The number of rotatable bonds is 6. The van der Waals surface area contributed by atoms with Gasteiger partial charge < -0.3 is 0 Å². The molecule has 6 heteroatoms. The van der Waals surface area contributed by atoms with Gasteiger partial charge in [-0.25, -0.2) is 0 Å². The highest BCUT2D eigenvalue weighted by atomic mass is 16.5. The quantitative estimate of drug-likeness (QED) is 0.297. The lowest BCUT2D eigenvalue weighted by molar-refractivity contribution is 0.388. The van der Waals surface area contributed by atoms with Crippen molar-refractivity contribution in [2.24, 2.45) is 0 Å². The van der Waals surface area contributed by atoms with E-state index in [2.05, 4.69) is 16.4 Å². The summed E-state index contributed by atoms with van der Waals surface area (Å²) in [6.45, 7) is 0. The first-order valence-electron chi connectivity index (χ1n) is 7.75. The summed E-state index contributed by atoms with van der Waals surface area (Å²) in [5.74, 6) is -0.0340. The van der Waals surface area contributed by atoms with Gasteiger partial charge in [0, 0.05) is 5.92 Å². The molecule has 0 aliphatic rings. The Hall–Kier alpha value is -3.06. The summed E-state index contributed by atoms with van der Waals surface area (Å²) in [6.07, 6.45) is 0. The molecule has 0 fully saturated rings. The lowest BCUT2D eigenvalue weighted by Gasteiger charge is -2.20. The second-order valence-electron chi connectivity index (χ2n) is 5.63. The van der Waals surface area contributed by atoms with E-state index in [4.69, 9.17) is 15.6 Å². The topological polar surface area (TPSA) is 96.8 Å². The predicted octanol–water partition coefficient (Wildman–Crippen LogP) is 4.27. The molecular weight excluding hydrogens is 318 g/mol. The molecule has 3 rings (SSSR count). The van der Waals surface area contributed by atoms with Crippen LogP contribution in [0.1, 0.15) is 22.6 Å². The van der Waals surface area contributed by atoms with Gasteiger partial charge in [-0.1, -0.05) is 36.4 Å². The first-order valence-corrected chi connectivity index (χ1v) is 7.75. The molecule has 0 unspecified atom stereocenters. The molecule has 0 amide bonds. The molecule has 0 atom stereocenters. The van der Waals surface area contributed by atoms with Crippen LogP contribution in [0.3, 0.4) is 0 Å². The summed E-state index contributed by atoms with van der Waals surface area (Å²) in [4.78, 5) is 0. The fraction of sp³-hybridized carbons (Fsp3) is 0.0526. The molecule has 0 aliphatic heterocycles. The van der Waals surface area contributed by atoms with E-state index in [1.807, 2.05) is 36.4 Å². The molecule has 0 aliphatic carbocycles. The third-order valence-corrected chi connectivity index (χ3v) is 4.12. The van der Waals surface area contributed by atoms with Gasteiger partial charge in [0.05, 0.1) is 17.1 Å². The lowest BCUT2D eigenvalue weighted by atomic mass is 9.85. The minimum absolute atomic E-state index is 0.0340. The first kappa shape index (κ1) is 16.8. The molecular formula is C19H19N3O3. The van der Waals surface area contributed by atoms with Gasteiger partial charge in [-0.3, -0.25) is 32.1 Å². The van der Waals surface area contributed by atoms with Gasteiger partial charge in [-0.05, 0) is 53.1 Å². The Kier molecular flexibility index (Phi) is 5.15. The van der Waals surface area contributed by atoms with Crippen molar-refractivity contribution in [3.8, 4) is 0 Å². The number of hydrogen-bond acceptors (Lipinski definition) is 6. The Bertz CT molecular complexity index is 690. The Balaban J connectivity index is 2.04. The zero-order chi connectivity index (χ0) is 17.6. The number of anilines is 3. The Morgan fingerprint density at radius 1 is 0.440 bits per heavy atom. The van der Waals surface area contributed by atoms with E-state index in [1.54, 1.807) is 36.4 Å². The number of nitrogens with one attached hydrogen (secondary N) is 3. The van der Waals surface area contributed by atoms with Gasteiger partial charge in [0.15, 0.2) is 0 Å². The largest absolute Gasteiger partial charge is 0.291 e. The molecule has 0 heterocycles. The summed E-state index contributed by atoms with van der Waals surface area (Å²) < 4.78 is 0. The molecule has 0 bridgehead atoms. The highest BCUT2D eigenvalue weighted by Crippen LogP contribution is 2.33. The second-order valence-corrected chi connectivity index (χ2v) is 5.63. The van der Waals surface area contributed by atoms with Crippen LogP contribution in [0.15, 0.2) is 72.8 Å². The van der Waals surface area contributed by atoms with Crippen molar-refractivity contribution in [3.05, 3.63) is 89.5 Å². The average Bonchev–Trinajstić information content (AvgIpc) is 2.70. The van der Waals surface area contributed by atoms with Crippen LogP contribution in [0, 0.1) is 0 Å². The summed E-state index contributed by atoms with van der Waals surface area (Å²) in [7, 11) is 0. The van der Waals surface area contributed by atoms with Crippen molar-refractivity contribution in [3.63, 3.8) is 0 Å². The molecule has 0 saturated heterocycles. The van der Waals surface area contributed by atoms with Crippen LogP contribution in [0.2, 0.25) is 0 Å². The van der Waals surface area contributed by atoms with Crippen LogP contribution >= 0.6 is 0 Å². The number of hydrogen-bond donors (Lipinski definition) is 6. The van der Waals surface area contributed by atoms with Crippen molar-refractivity contribution in [1.29, 1.82) is 0 Å². The van der Waals surface area contributed by atoms with Crippen LogP contribution in [0.5, 0.6) is 0 Å². The van der Waals surface area contributed by atoms with E-state index in [-0.39, 0.29) is 5.92 Å². The molecule has 0 aromatic heterocycles. The van der Waals surface area contributed by atoms with Crippen LogP contribution < -0.4 is 16.4 Å². The van der Waals surface area contributed by atoms with Gasteiger partial charge in [0.25, 0.3) is 0 Å². The SMILES string of the molecule is ONc1ccc(C(c2ccc(NO)cc2)c2ccc(NO)cc2)cc1. The van der Waals surface area contributed by atoms with E-state index in [0.29, 0.717) is 17.1 Å². The average molecular weight is 337 g/mol. The molecule has 6 nitrogen and oxygen atoms in total. The normalized spacial score (nSPS) is 10.6. The van der Waals surface area contributed by atoms with E-state index in [1.165, 1.54) is 0 Å². The molecule has 3 aromatic rings. The fourth-order valence-corrected chi connectivity index (χ4v) is 2.83. The molecule has 6 N–H and O–H groups in total. The zero-order valence-corrected chi connectivity index (χ0v) is 13.3. The highest BCUT2D eigenvalue weighted by molar-refractivity contribution is 5.53. The monoisotopic (exact) mass is 337 g/mol. The summed E-state index contributed by atoms with van der Waals surface area (Å²) >= 11 is 0. The Labute approximate surface area is 145 Å². The van der Waals surface area contributed by atoms with Crippen molar-refractivity contribution in [2.75, 3.05) is 16.4 Å². The van der Waals surface area contributed by atoms with Crippen molar-refractivity contribution in [1.82, 2.24) is 0 Å². The third kappa shape index (κ3) is 3.72. The second kappa shape index (κ2) is 7.67. The molecule has 0 saturated carbocycles.